The van der Waals surface area contributed by atoms with Crippen LogP contribution in [0.2, 0.25) is 0 Å². The lowest BCUT2D eigenvalue weighted by Gasteiger charge is -2.15. The third kappa shape index (κ3) is 3.58. The van der Waals surface area contributed by atoms with Gasteiger partial charge in [-0.2, -0.15) is 0 Å². The molecule has 2 aromatic carbocycles. The molecule has 0 fully saturated rings. The first-order chi connectivity index (χ1) is 13.9. The van der Waals surface area contributed by atoms with Gasteiger partial charge in [0.15, 0.2) is 5.58 Å². The van der Waals surface area contributed by atoms with Crippen molar-refractivity contribution in [1.82, 2.24) is 0 Å². The predicted octanol–water partition coefficient (Wildman–Crippen LogP) is 5.33. The molecule has 0 saturated heterocycles. The van der Waals surface area contributed by atoms with Gasteiger partial charge in [0.2, 0.25) is 0 Å². The number of hydrogen-bond donors (Lipinski definition) is 1. The van der Waals surface area contributed by atoms with Gasteiger partial charge in [-0.25, -0.2) is 4.79 Å². The van der Waals surface area contributed by atoms with Crippen molar-refractivity contribution in [2.45, 2.75) is 0 Å². The Kier molecular flexibility index (Phi) is 4.78. The molecule has 4 rings (SSSR count). The maximum Gasteiger partial charge on any atom is 0.347 e. The van der Waals surface area contributed by atoms with E-state index in [-0.39, 0.29) is 17.2 Å². The number of anilines is 1. The van der Waals surface area contributed by atoms with Crippen LogP contribution in [0.5, 0.6) is 0 Å². The minimum Gasteiger partial charge on any atom is -0.508 e. The second-order valence-electron chi connectivity index (χ2n) is 6.52. The minimum absolute atomic E-state index is 0.00967. The summed E-state index contributed by atoms with van der Waals surface area (Å²) >= 11 is 1.29. The number of fused-ring (bicyclic) bond motifs is 1. The molecule has 0 bridgehead atoms. The van der Waals surface area contributed by atoms with E-state index in [0.29, 0.717) is 20.8 Å². The summed E-state index contributed by atoms with van der Waals surface area (Å²) in [5.74, 6) is -0.527. The Morgan fingerprint density at radius 1 is 1.03 bits per heavy atom. The smallest absolute Gasteiger partial charge is 0.347 e. The topological polar surface area (TPSA) is 70.8 Å². The van der Waals surface area contributed by atoms with E-state index < -0.39 is 5.63 Å². The molecule has 2 heterocycles. The van der Waals surface area contributed by atoms with Gasteiger partial charge in [-0.1, -0.05) is 49.0 Å². The molecule has 0 aliphatic heterocycles. The van der Waals surface area contributed by atoms with Crippen molar-refractivity contribution in [2.24, 2.45) is 0 Å². The summed E-state index contributed by atoms with van der Waals surface area (Å²) in [6, 6.07) is 20.5. The van der Waals surface area contributed by atoms with Gasteiger partial charge in [0.1, 0.15) is 16.3 Å². The van der Waals surface area contributed by atoms with Gasteiger partial charge in [0.25, 0.3) is 5.91 Å². The van der Waals surface area contributed by atoms with E-state index in [1.54, 1.807) is 19.2 Å². The van der Waals surface area contributed by atoms with Gasteiger partial charge >= 0.3 is 5.63 Å². The summed E-state index contributed by atoms with van der Waals surface area (Å²) < 4.78 is 5.88. The molecule has 4 aromatic rings. The molecule has 1 amide bonds. The van der Waals surface area contributed by atoms with E-state index in [4.69, 9.17) is 4.42 Å². The molecule has 0 saturated carbocycles. The fourth-order valence-electron chi connectivity index (χ4n) is 3.02. The Labute approximate surface area is 170 Å². The van der Waals surface area contributed by atoms with E-state index in [1.165, 1.54) is 22.3 Å². The summed E-state index contributed by atoms with van der Waals surface area (Å²) in [4.78, 5) is 26.5. The number of amides is 1. The van der Waals surface area contributed by atoms with Crippen LogP contribution in [0.15, 0.2) is 82.5 Å². The lowest BCUT2D eigenvalue weighted by molar-refractivity contribution is 0.0993. The largest absolute Gasteiger partial charge is 0.508 e. The second-order valence-corrected chi connectivity index (χ2v) is 7.58. The lowest BCUT2D eigenvalue weighted by atomic mass is 10.0. The highest BCUT2D eigenvalue weighted by atomic mass is 32.1. The fourth-order valence-corrected chi connectivity index (χ4v) is 4.01. The molecule has 0 radical (unpaired) electrons. The zero-order chi connectivity index (χ0) is 20.5. The molecular weight excluding hydrogens is 386 g/mol. The van der Waals surface area contributed by atoms with Crippen molar-refractivity contribution in [1.29, 1.82) is 0 Å². The maximum absolute atomic E-state index is 13.0. The average molecular weight is 403 g/mol. The first kappa shape index (κ1) is 18.7. The number of hydrogen-bond acceptors (Lipinski definition) is 5. The SMILES string of the molecule is C=C(O)c1cc2sc(N(C)C(=O)c3cccc(-c4ccccc4)c3)cc2oc1=O. The standard InChI is InChI=1S/C23H17NO4S/c1-14(25)18-12-20-19(28-23(18)27)13-21(29-20)24(2)22(26)17-10-6-9-16(11-17)15-7-4-3-5-8-15/h3-13,25H,1H2,2H3. The molecular formula is C23H17NO4S. The molecule has 1 N–H and O–H groups in total. The molecule has 0 unspecified atom stereocenters. The number of aliphatic hydroxyl groups excluding tert-OH is 1. The van der Waals surface area contributed by atoms with Crippen molar-refractivity contribution in [3.63, 3.8) is 0 Å². The van der Waals surface area contributed by atoms with Gasteiger partial charge in [-0.05, 0) is 29.3 Å². The van der Waals surface area contributed by atoms with Crippen LogP contribution in [0.1, 0.15) is 15.9 Å². The first-order valence-corrected chi connectivity index (χ1v) is 9.65. The number of nitrogens with zero attached hydrogens (tertiary/aromatic N) is 1. The molecule has 2 aromatic heterocycles. The number of benzene rings is 2. The average Bonchev–Trinajstić information content (AvgIpc) is 3.15. The number of thiophene rings is 1. The first-order valence-electron chi connectivity index (χ1n) is 8.83. The zero-order valence-electron chi connectivity index (χ0n) is 15.6. The Hall–Kier alpha value is -3.64. The maximum atomic E-state index is 13.0. The highest BCUT2D eigenvalue weighted by Gasteiger charge is 2.18. The highest BCUT2D eigenvalue weighted by Crippen LogP contribution is 2.33. The molecule has 5 nitrogen and oxygen atoms in total. The highest BCUT2D eigenvalue weighted by molar-refractivity contribution is 7.22. The van der Waals surface area contributed by atoms with Crippen molar-refractivity contribution in [3.8, 4) is 11.1 Å². The third-order valence-electron chi connectivity index (χ3n) is 4.57. The quantitative estimate of drug-likeness (QED) is 0.468. The van der Waals surface area contributed by atoms with Gasteiger partial charge in [0, 0.05) is 18.7 Å². The van der Waals surface area contributed by atoms with E-state index in [0.717, 1.165) is 11.1 Å². The minimum atomic E-state index is -0.668. The predicted molar refractivity (Wildman–Crippen MR) is 117 cm³/mol. The Morgan fingerprint density at radius 3 is 2.48 bits per heavy atom. The van der Waals surface area contributed by atoms with E-state index in [9.17, 15) is 14.7 Å². The van der Waals surface area contributed by atoms with Crippen LogP contribution in [0.3, 0.4) is 0 Å². The Bertz CT molecular complexity index is 1290. The molecule has 0 aliphatic rings. The van der Waals surface area contributed by atoms with Crippen molar-refractivity contribution in [2.75, 3.05) is 11.9 Å². The van der Waals surface area contributed by atoms with Crippen LogP contribution in [-0.4, -0.2) is 18.1 Å². The van der Waals surface area contributed by atoms with Crippen molar-refractivity contribution < 1.29 is 14.3 Å². The molecule has 0 atom stereocenters. The normalized spacial score (nSPS) is 10.8. The van der Waals surface area contributed by atoms with Crippen molar-refractivity contribution in [3.05, 3.63) is 94.9 Å². The third-order valence-corrected chi connectivity index (χ3v) is 5.71. The summed E-state index contributed by atoms with van der Waals surface area (Å²) in [5, 5.41) is 10.1. The Balaban J connectivity index is 1.68. The van der Waals surface area contributed by atoms with Crippen LogP contribution in [-0.2, 0) is 0 Å². The molecule has 0 spiro atoms. The summed E-state index contributed by atoms with van der Waals surface area (Å²) in [7, 11) is 1.67. The monoisotopic (exact) mass is 403 g/mol. The Morgan fingerprint density at radius 2 is 1.76 bits per heavy atom. The van der Waals surface area contributed by atoms with E-state index in [1.807, 2.05) is 48.5 Å². The summed E-state index contributed by atoms with van der Waals surface area (Å²) in [6.45, 7) is 3.37. The summed E-state index contributed by atoms with van der Waals surface area (Å²) in [6.07, 6.45) is 0. The van der Waals surface area contributed by atoms with Crippen LogP contribution >= 0.6 is 11.3 Å². The van der Waals surface area contributed by atoms with E-state index >= 15 is 0 Å². The van der Waals surface area contributed by atoms with Crippen LogP contribution in [0.4, 0.5) is 5.00 Å². The number of rotatable bonds is 4. The summed E-state index contributed by atoms with van der Waals surface area (Å²) in [5.41, 5.74) is 2.24. The van der Waals surface area contributed by atoms with Crippen LogP contribution in [0, 0.1) is 0 Å². The second kappa shape index (κ2) is 7.41. The number of carbonyl (C=O) groups excluding carboxylic acids is 1. The van der Waals surface area contributed by atoms with E-state index in [2.05, 4.69) is 6.58 Å². The van der Waals surface area contributed by atoms with Crippen molar-refractivity contribution >= 4 is 38.3 Å². The molecule has 0 aliphatic carbocycles. The van der Waals surface area contributed by atoms with Gasteiger partial charge in [-0.15, -0.1) is 11.3 Å². The fraction of sp³-hybridized carbons (Fsp3) is 0.0435. The number of aliphatic hydroxyl groups is 1. The van der Waals surface area contributed by atoms with Gasteiger partial charge in [-0.3, -0.25) is 4.79 Å². The van der Waals surface area contributed by atoms with Crippen LogP contribution < -0.4 is 10.5 Å². The van der Waals surface area contributed by atoms with Gasteiger partial charge in [0.05, 0.1) is 4.70 Å². The molecule has 6 heteroatoms. The number of carbonyl (C=O) groups is 1. The van der Waals surface area contributed by atoms with Gasteiger partial charge < -0.3 is 14.4 Å². The lowest BCUT2D eigenvalue weighted by Crippen LogP contribution is -2.25. The molecule has 29 heavy (non-hydrogen) atoms. The molecule has 144 valence electrons. The van der Waals surface area contributed by atoms with Crippen LogP contribution in [0.25, 0.3) is 27.2 Å². The zero-order valence-corrected chi connectivity index (χ0v) is 16.4.